The molecule has 0 bridgehead atoms. The third kappa shape index (κ3) is 3.35. The van der Waals surface area contributed by atoms with E-state index in [1.807, 2.05) is 4.68 Å². The molecule has 1 aromatic carbocycles. The van der Waals surface area contributed by atoms with Crippen LogP contribution in [-0.2, 0) is 12.0 Å². The Labute approximate surface area is 127 Å². The van der Waals surface area contributed by atoms with Crippen molar-refractivity contribution in [2.75, 3.05) is 13.1 Å². The van der Waals surface area contributed by atoms with Gasteiger partial charge in [0.05, 0.1) is 11.4 Å². The lowest BCUT2D eigenvalue weighted by atomic mass is 9.93. The van der Waals surface area contributed by atoms with Crippen LogP contribution in [0.1, 0.15) is 44.9 Å². The van der Waals surface area contributed by atoms with Crippen LogP contribution >= 0.6 is 0 Å². The summed E-state index contributed by atoms with van der Waals surface area (Å²) in [4.78, 5) is 2.53. The average molecular weight is 283 g/mol. The SMILES string of the molecule is CC(C)(C)c1ccn(-c2cccc(CN3CCCC3)c2)n1. The second-order valence-electron chi connectivity index (χ2n) is 7.05. The molecule has 0 saturated carbocycles. The monoisotopic (exact) mass is 283 g/mol. The molecule has 0 amide bonds. The quantitative estimate of drug-likeness (QED) is 0.855. The number of hydrogen-bond donors (Lipinski definition) is 0. The first-order valence-electron chi connectivity index (χ1n) is 7.90. The van der Waals surface area contributed by atoms with Crippen LogP contribution in [0.2, 0.25) is 0 Å². The van der Waals surface area contributed by atoms with Crippen LogP contribution in [0, 0.1) is 0 Å². The minimum absolute atomic E-state index is 0.0956. The highest BCUT2D eigenvalue weighted by Gasteiger charge is 2.17. The predicted octanol–water partition coefficient (Wildman–Crippen LogP) is 3.77. The van der Waals surface area contributed by atoms with Crippen LogP contribution < -0.4 is 0 Å². The fourth-order valence-electron chi connectivity index (χ4n) is 2.86. The van der Waals surface area contributed by atoms with Gasteiger partial charge in [0.2, 0.25) is 0 Å². The number of rotatable bonds is 3. The van der Waals surface area contributed by atoms with E-state index in [4.69, 9.17) is 5.10 Å². The number of hydrogen-bond acceptors (Lipinski definition) is 2. The van der Waals surface area contributed by atoms with Crippen molar-refractivity contribution in [1.29, 1.82) is 0 Å². The molecule has 0 radical (unpaired) electrons. The van der Waals surface area contributed by atoms with Gasteiger partial charge in [0.25, 0.3) is 0 Å². The topological polar surface area (TPSA) is 21.1 Å². The minimum atomic E-state index is 0.0956. The van der Waals surface area contributed by atoms with Crippen LogP contribution in [0.15, 0.2) is 36.5 Å². The van der Waals surface area contributed by atoms with E-state index in [1.165, 1.54) is 31.5 Å². The van der Waals surface area contributed by atoms with Gasteiger partial charge in [-0.25, -0.2) is 4.68 Å². The number of aromatic nitrogens is 2. The summed E-state index contributed by atoms with van der Waals surface area (Å²) < 4.78 is 1.99. The van der Waals surface area contributed by atoms with Crippen LogP contribution in [0.5, 0.6) is 0 Å². The van der Waals surface area contributed by atoms with Gasteiger partial charge in [-0.15, -0.1) is 0 Å². The molecule has 3 heteroatoms. The van der Waals surface area contributed by atoms with Gasteiger partial charge in [0, 0.05) is 18.2 Å². The van der Waals surface area contributed by atoms with Crippen molar-refractivity contribution in [3.8, 4) is 5.69 Å². The van der Waals surface area contributed by atoms with Gasteiger partial charge in [0.15, 0.2) is 0 Å². The maximum absolute atomic E-state index is 4.73. The molecule has 2 heterocycles. The largest absolute Gasteiger partial charge is 0.299 e. The standard InChI is InChI=1S/C18H25N3/c1-18(2,3)17-9-12-21(19-17)16-8-6-7-15(13-16)14-20-10-4-5-11-20/h6-9,12-13H,4-5,10-11,14H2,1-3H3. The summed E-state index contributed by atoms with van der Waals surface area (Å²) in [6, 6.07) is 10.9. The lowest BCUT2D eigenvalue weighted by Crippen LogP contribution is -2.18. The second-order valence-corrected chi connectivity index (χ2v) is 7.05. The van der Waals surface area contributed by atoms with Gasteiger partial charge in [-0.2, -0.15) is 5.10 Å². The van der Waals surface area contributed by atoms with Crippen molar-refractivity contribution in [3.63, 3.8) is 0 Å². The molecule has 3 nitrogen and oxygen atoms in total. The molecule has 0 atom stereocenters. The molecule has 1 aliphatic heterocycles. The number of benzene rings is 1. The maximum atomic E-state index is 4.73. The fourth-order valence-corrected chi connectivity index (χ4v) is 2.86. The molecule has 0 aliphatic carbocycles. The van der Waals surface area contributed by atoms with Gasteiger partial charge in [-0.1, -0.05) is 32.9 Å². The zero-order chi connectivity index (χ0) is 14.9. The Kier molecular flexibility index (Phi) is 3.85. The lowest BCUT2D eigenvalue weighted by Gasteiger charge is -2.16. The third-order valence-electron chi connectivity index (χ3n) is 4.14. The fraction of sp³-hybridized carbons (Fsp3) is 0.500. The van der Waals surface area contributed by atoms with E-state index in [0.717, 1.165) is 17.9 Å². The lowest BCUT2D eigenvalue weighted by molar-refractivity contribution is 0.331. The summed E-state index contributed by atoms with van der Waals surface area (Å²) in [5.41, 5.74) is 3.76. The Morgan fingerprint density at radius 3 is 2.52 bits per heavy atom. The summed E-state index contributed by atoms with van der Waals surface area (Å²) >= 11 is 0. The van der Waals surface area contributed by atoms with Crippen LogP contribution in [0.3, 0.4) is 0 Å². The molecular weight excluding hydrogens is 258 g/mol. The highest BCUT2D eigenvalue weighted by molar-refractivity contribution is 5.35. The summed E-state index contributed by atoms with van der Waals surface area (Å²) in [7, 11) is 0. The zero-order valence-corrected chi connectivity index (χ0v) is 13.3. The summed E-state index contributed by atoms with van der Waals surface area (Å²) in [5, 5.41) is 4.73. The Balaban J connectivity index is 1.80. The van der Waals surface area contributed by atoms with E-state index < -0.39 is 0 Å². The van der Waals surface area contributed by atoms with Gasteiger partial charge in [-0.05, 0) is 49.7 Å². The molecule has 1 aromatic heterocycles. The molecular formula is C18H25N3. The summed E-state index contributed by atoms with van der Waals surface area (Å²) in [6.45, 7) is 10.1. The van der Waals surface area contributed by atoms with E-state index in [2.05, 4.69) is 62.2 Å². The van der Waals surface area contributed by atoms with E-state index in [1.54, 1.807) is 0 Å². The Bertz CT molecular complexity index is 601. The third-order valence-corrected chi connectivity index (χ3v) is 4.14. The molecule has 0 unspecified atom stereocenters. The van der Waals surface area contributed by atoms with Crippen LogP contribution in [-0.4, -0.2) is 27.8 Å². The first-order valence-corrected chi connectivity index (χ1v) is 7.90. The highest BCUT2D eigenvalue weighted by Crippen LogP contribution is 2.21. The van der Waals surface area contributed by atoms with E-state index in [9.17, 15) is 0 Å². The van der Waals surface area contributed by atoms with E-state index >= 15 is 0 Å². The molecule has 1 saturated heterocycles. The van der Waals surface area contributed by atoms with Crippen molar-refractivity contribution in [3.05, 3.63) is 47.8 Å². The molecule has 112 valence electrons. The first-order chi connectivity index (χ1) is 10.0. The van der Waals surface area contributed by atoms with Gasteiger partial charge in [-0.3, -0.25) is 4.90 Å². The Morgan fingerprint density at radius 2 is 1.86 bits per heavy atom. The predicted molar refractivity (Wildman–Crippen MR) is 86.8 cm³/mol. The number of likely N-dealkylation sites (tertiary alicyclic amines) is 1. The maximum Gasteiger partial charge on any atom is 0.0682 e. The highest BCUT2D eigenvalue weighted by atomic mass is 15.3. The summed E-state index contributed by atoms with van der Waals surface area (Å²) in [6.07, 6.45) is 4.75. The van der Waals surface area contributed by atoms with E-state index in [0.29, 0.717) is 0 Å². The number of nitrogens with zero attached hydrogens (tertiary/aromatic N) is 3. The van der Waals surface area contributed by atoms with Crippen LogP contribution in [0.4, 0.5) is 0 Å². The van der Waals surface area contributed by atoms with Crippen molar-refractivity contribution >= 4 is 0 Å². The van der Waals surface area contributed by atoms with Crippen molar-refractivity contribution in [2.45, 2.75) is 45.6 Å². The first kappa shape index (κ1) is 14.3. The van der Waals surface area contributed by atoms with Crippen LogP contribution in [0.25, 0.3) is 5.69 Å². The molecule has 0 N–H and O–H groups in total. The van der Waals surface area contributed by atoms with Crippen molar-refractivity contribution < 1.29 is 0 Å². The Hall–Kier alpha value is -1.61. The van der Waals surface area contributed by atoms with E-state index in [-0.39, 0.29) is 5.41 Å². The molecule has 21 heavy (non-hydrogen) atoms. The van der Waals surface area contributed by atoms with Gasteiger partial charge >= 0.3 is 0 Å². The molecule has 1 aliphatic rings. The molecule has 3 rings (SSSR count). The summed E-state index contributed by atoms with van der Waals surface area (Å²) in [5.74, 6) is 0. The van der Waals surface area contributed by atoms with Gasteiger partial charge < -0.3 is 0 Å². The Morgan fingerprint density at radius 1 is 1.10 bits per heavy atom. The van der Waals surface area contributed by atoms with Crippen molar-refractivity contribution in [1.82, 2.24) is 14.7 Å². The zero-order valence-electron chi connectivity index (χ0n) is 13.3. The van der Waals surface area contributed by atoms with Gasteiger partial charge in [0.1, 0.15) is 0 Å². The molecule has 2 aromatic rings. The average Bonchev–Trinajstić information content (AvgIpc) is 3.09. The second kappa shape index (κ2) is 5.64. The normalized spacial score (nSPS) is 16.5. The molecule has 1 fully saturated rings. The smallest absolute Gasteiger partial charge is 0.0682 e. The minimum Gasteiger partial charge on any atom is -0.299 e. The molecule has 0 spiro atoms. The van der Waals surface area contributed by atoms with Crippen molar-refractivity contribution in [2.24, 2.45) is 0 Å².